The molecule has 0 spiro atoms. The van der Waals surface area contributed by atoms with Gasteiger partial charge in [-0.1, -0.05) is 0 Å². The lowest BCUT2D eigenvalue weighted by molar-refractivity contribution is 0.263. The molecular formula is C9H13N3O2. The van der Waals surface area contributed by atoms with Crippen LogP contribution in [0.1, 0.15) is 12.8 Å². The third kappa shape index (κ3) is 2.11. The van der Waals surface area contributed by atoms with E-state index in [4.69, 9.17) is 4.74 Å². The van der Waals surface area contributed by atoms with Crippen molar-refractivity contribution in [3.63, 3.8) is 0 Å². The van der Waals surface area contributed by atoms with E-state index in [9.17, 15) is 4.79 Å². The minimum Gasteiger partial charge on any atom is -0.472 e. The average Bonchev–Trinajstić information content (AvgIpc) is 2.69. The van der Waals surface area contributed by atoms with Crippen LogP contribution in [-0.2, 0) is 0 Å². The van der Waals surface area contributed by atoms with Crippen molar-refractivity contribution in [1.29, 1.82) is 0 Å². The zero-order chi connectivity index (χ0) is 9.80. The summed E-state index contributed by atoms with van der Waals surface area (Å²) >= 11 is 0. The summed E-state index contributed by atoms with van der Waals surface area (Å²) in [6.45, 7) is 1.55. The number of nitrogens with one attached hydrogen (secondary N) is 2. The molecule has 1 fully saturated rings. The van der Waals surface area contributed by atoms with Gasteiger partial charge < -0.3 is 15.0 Å². The molecule has 14 heavy (non-hydrogen) atoms. The number of ether oxygens (including phenoxy) is 1. The number of hydrogen-bond donors (Lipinski definition) is 2. The fraction of sp³-hybridized carbons (Fsp3) is 0.556. The molecule has 0 saturated carbocycles. The molecule has 1 aromatic rings. The molecule has 2 heterocycles. The summed E-state index contributed by atoms with van der Waals surface area (Å²) in [6.07, 6.45) is 5.28. The van der Waals surface area contributed by atoms with Gasteiger partial charge in [0.15, 0.2) is 0 Å². The summed E-state index contributed by atoms with van der Waals surface area (Å²) in [7, 11) is 0. The summed E-state index contributed by atoms with van der Waals surface area (Å²) < 4.78 is 5.30. The second-order valence-electron chi connectivity index (χ2n) is 3.33. The van der Waals surface area contributed by atoms with E-state index in [1.165, 1.54) is 18.8 Å². The molecule has 5 nitrogen and oxygen atoms in total. The Morgan fingerprint density at radius 3 is 3.29 bits per heavy atom. The fourth-order valence-electron chi connectivity index (χ4n) is 1.52. The molecule has 1 atom stereocenters. The van der Waals surface area contributed by atoms with Gasteiger partial charge in [0, 0.05) is 18.4 Å². The minimum atomic E-state index is -0.273. The first kappa shape index (κ1) is 9.21. The summed E-state index contributed by atoms with van der Waals surface area (Å²) in [5, 5.41) is 3.28. The fourth-order valence-corrected chi connectivity index (χ4v) is 1.52. The number of rotatable bonds is 3. The monoisotopic (exact) mass is 195 g/mol. The summed E-state index contributed by atoms with van der Waals surface area (Å²) in [6, 6.07) is 0.358. The van der Waals surface area contributed by atoms with Crippen LogP contribution in [0.3, 0.4) is 0 Å². The predicted octanol–water partition coefficient (Wildman–Crippen LogP) is -0.0993. The van der Waals surface area contributed by atoms with Crippen LogP contribution in [0.4, 0.5) is 0 Å². The maximum atomic E-state index is 11.2. The van der Waals surface area contributed by atoms with Crippen molar-refractivity contribution in [2.24, 2.45) is 0 Å². The van der Waals surface area contributed by atoms with Gasteiger partial charge in [-0.25, -0.2) is 4.98 Å². The van der Waals surface area contributed by atoms with Crippen molar-refractivity contribution in [2.45, 2.75) is 18.9 Å². The molecule has 2 rings (SSSR count). The topological polar surface area (TPSA) is 67.0 Å². The number of aromatic nitrogens is 2. The van der Waals surface area contributed by atoms with Gasteiger partial charge in [-0.3, -0.25) is 4.79 Å². The second kappa shape index (κ2) is 4.23. The van der Waals surface area contributed by atoms with Gasteiger partial charge in [0.2, 0.25) is 0 Å². The summed E-state index contributed by atoms with van der Waals surface area (Å²) in [4.78, 5) is 17.5. The molecule has 1 aromatic heterocycles. The molecule has 1 aliphatic heterocycles. The van der Waals surface area contributed by atoms with E-state index in [1.807, 2.05) is 0 Å². The van der Waals surface area contributed by atoms with Crippen molar-refractivity contribution in [2.75, 3.05) is 13.2 Å². The highest BCUT2D eigenvalue weighted by molar-refractivity contribution is 5.02. The number of nitrogens with zero attached hydrogens (tertiary/aromatic N) is 1. The smallest absolute Gasteiger partial charge is 0.310 e. The van der Waals surface area contributed by atoms with Gasteiger partial charge in [-0.05, 0) is 19.4 Å². The lowest BCUT2D eigenvalue weighted by Gasteiger charge is -2.09. The van der Waals surface area contributed by atoms with E-state index >= 15 is 0 Å². The highest BCUT2D eigenvalue weighted by atomic mass is 16.5. The van der Waals surface area contributed by atoms with E-state index in [0.717, 1.165) is 13.0 Å². The highest BCUT2D eigenvalue weighted by Crippen LogP contribution is 2.05. The first-order chi connectivity index (χ1) is 6.86. The molecule has 5 heteroatoms. The van der Waals surface area contributed by atoms with Gasteiger partial charge in [0.05, 0.1) is 0 Å². The van der Waals surface area contributed by atoms with Gasteiger partial charge >= 0.3 is 5.56 Å². The molecule has 1 aliphatic rings. The lowest BCUT2D eigenvalue weighted by atomic mass is 10.2. The zero-order valence-corrected chi connectivity index (χ0v) is 7.82. The molecule has 0 radical (unpaired) electrons. The Hall–Kier alpha value is -1.36. The Labute approximate surface area is 81.5 Å². The molecule has 1 saturated heterocycles. The predicted molar refractivity (Wildman–Crippen MR) is 51.4 cm³/mol. The Balaban J connectivity index is 1.91. The Kier molecular flexibility index (Phi) is 2.78. The molecule has 0 bridgehead atoms. The van der Waals surface area contributed by atoms with Crippen molar-refractivity contribution >= 4 is 0 Å². The largest absolute Gasteiger partial charge is 0.472 e. The first-order valence-corrected chi connectivity index (χ1v) is 4.76. The zero-order valence-electron chi connectivity index (χ0n) is 7.82. The van der Waals surface area contributed by atoms with Crippen molar-refractivity contribution in [3.05, 3.63) is 22.7 Å². The third-order valence-corrected chi connectivity index (χ3v) is 2.26. The SMILES string of the molecule is O=c1[nH]ccnc1OCC1CCCN1. The van der Waals surface area contributed by atoms with Crippen LogP contribution in [-0.4, -0.2) is 29.2 Å². The van der Waals surface area contributed by atoms with E-state index < -0.39 is 0 Å². The van der Waals surface area contributed by atoms with Crippen LogP contribution in [0.25, 0.3) is 0 Å². The summed E-state index contributed by atoms with van der Waals surface area (Å²) in [5.74, 6) is 0.154. The third-order valence-electron chi connectivity index (χ3n) is 2.26. The summed E-state index contributed by atoms with van der Waals surface area (Å²) in [5.41, 5.74) is -0.273. The van der Waals surface area contributed by atoms with Crippen molar-refractivity contribution in [3.8, 4) is 5.88 Å². The number of aromatic amines is 1. The molecule has 0 aliphatic carbocycles. The standard InChI is InChI=1S/C9H13N3O2/c13-8-9(12-5-4-11-8)14-6-7-2-1-3-10-7/h4-5,7,10H,1-3,6H2,(H,11,13). The van der Waals surface area contributed by atoms with Gasteiger partial charge in [0.1, 0.15) is 6.61 Å². The van der Waals surface area contributed by atoms with Crippen LogP contribution in [0.15, 0.2) is 17.2 Å². The first-order valence-electron chi connectivity index (χ1n) is 4.76. The molecule has 76 valence electrons. The number of H-pyrrole nitrogens is 1. The molecule has 0 aromatic carbocycles. The Morgan fingerprint density at radius 2 is 2.57 bits per heavy atom. The average molecular weight is 195 g/mol. The maximum absolute atomic E-state index is 11.2. The van der Waals surface area contributed by atoms with E-state index in [-0.39, 0.29) is 11.4 Å². The van der Waals surface area contributed by atoms with Crippen LogP contribution < -0.4 is 15.6 Å². The maximum Gasteiger partial charge on any atom is 0.310 e. The normalized spacial score (nSPS) is 21.0. The minimum absolute atomic E-state index is 0.154. The van der Waals surface area contributed by atoms with Crippen LogP contribution in [0.2, 0.25) is 0 Å². The van der Waals surface area contributed by atoms with E-state index in [0.29, 0.717) is 12.6 Å². The van der Waals surface area contributed by atoms with Gasteiger partial charge in [0.25, 0.3) is 5.88 Å². The van der Waals surface area contributed by atoms with Crippen molar-refractivity contribution in [1.82, 2.24) is 15.3 Å². The van der Waals surface area contributed by atoms with E-state index in [2.05, 4.69) is 15.3 Å². The number of hydrogen-bond acceptors (Lipinski definition) is 4. The quantitative estimate of drug-likeness (QED) is 0.706. The van der Waals surface area contributed by atoms with E-state index in [1.54, 1.807) is 0 Å². The molecular weight excluding hydrogens is 182 g/mol. The van der Waals surface area contributed by atoms with Gasteiger partial charge in [-0.2, -0.15) is 0 Å². The van der Waals surface area contributed by atoms with Crippen LogP contribution in [0, 0.1) is 0 Å². The highest BCUT2D eigenvalue weighted by Gasteiger charge is 2.15. The molecule has 2 N–H and O–H groups in total. The van der Waals surface area contributed by atoms with Crippen LogP contribution in [0.5, 0.6) is 5.88 Å². The van der Waals surface area contributed by atoms with Gasteiger partial charge in [-0.15, -0.1) is 0 Å². The second-order valence-corrected chi connectivity index (χ2v) is 3.33. The molecule has 0 amide bonds. The lowest BCUT2D eigenvalue weighted by Crippen LogP contribution is -2.29. The molecule has 1 unspecified atom stereocenters. The Bertz CT molecular complexity index is 344. The Morgan fingerprint density at radius 1 is 1.64 bits per heavy atom. The van der Waals surface area contributed by atoms with Crippen LogP contribution >= 0.6 is 0 Å². The van der Waals surface area contributed by atoms with Crippen molar-refractivity contribution < 1.29 is 4.74 Å².